The molecule has 2 fully saturated rings. The first kappa shape index (κ1) is 28.6. The summed E-state index contributed by atoms with van der Waals surface area (Å²) in [5, 5.41) is 23.1. The van der Waals surface area contributed by atoms with E-state index < -0.39 is 11.4 Å². The van der Waals surface area contributed by atoms with Gasteiger partial charge in [0.15, 0.2) is 5.82 Å². The third-order valence-corrected chi connectivity index (χ3v) is 8.65. The Bertz CT molecular complexity index is 1670. The van der Waals surface area contributed by atoms with Crippen molar-refractivity contribution < 1.29 is 23.7 Å². The summed E-state index contributed by atoms with van der Waals surface area (Å²) < 4.78 is 37.8. The highest BCUT2D eigenvalue weighted by Crippen LogP contribution is 2.46. The van der Waals surface area contributed by atoms with Gasteiger partial charge >= 0.3 is 6.01 Å². The fraction of sp³-hybridized carbons (Fsp3) is 0.455. The predicted molar refractivity (Wildman–Crippen MR) is 161 cm³/mol. The van der Waals surface area contributed by atoms with E-state index in [-0.39, 0.29) is 34.1 Å². The zero-order valence-corrected chi connectivity index (χ0v) is 24.7. The number of aryl methyl sites for hydroxylation is 1. The van der Waals surface area contributed by atoms with Crippen LogP contribution >= 0.6 is 0 Å². The molecule has 7 nitrogen and oxygen atoms in total. The largest absolute Gasteiger partial charge is 0.508 e. The topological polar surface area (TPSA) is 82.0 Å². The average Bonchev–Trinajstić information content (AvgIpc) is 3.70. The molecule has 1 saturated carbocycles. The number of aromatic hydroxyl groups is 1. The fourth-order valence-electron chi connectivity index (χ4n) is 6.51. The highest BCUT2D eigenvalue weighted by molar-refractivity contribution is 6.03. The van der Waals surface area contributed by atoms with Crippen LogP contribution in [-0.2, 0) is 6.42 Å². The third kappa shape index (κ3) is 5.36. The Kier molecular flexibility index (Phi) is 7.22. The van der Waals surface area contributed by atoms with Crippen molar-refractivity contribution >= 4 is 27.5 Å². The molecule has 3 aromatic carbocycles. The molecule has 0 amide bonds. The van der Waals surface area contributed by atoms with E-state index in [0.29, 0.717) is 65.6 Å². The number of aliphatic hydroxyl groups is 1. The molecule has 1 unspecified atom stereocenters. The predicted octanol–water partition coefficient (Wildman–Crippen LogP) is 6.07. The molecule has 2 N–H and O–H groups in total. The Labute approximate surface area is 244 Å². The molecule has 1 aliphatic heterocycles. The molecule has 42 heavy (non-hydrogen) atoms. The number of phenolic OH excluding ortho intramolecular Hbond substituents is 1. The van der Waals surface area contributed by atoms with Crippen molar-refractivity contribution in [3.63, 3.8) is 0 Å². The van der Waals surface area contributed by atoms with Crippen molar-refractivity contribution in [3.8, 4) is 22.9 Å². The van der Waals surface area contributed by atoms with Gasteiger partial charge in [-0.15, -0.1) is 0 Å². The Morgan fingerprint density at radius 2 is 1.83 bits per heavy atom. The molecule has 222 valence electrons. The molecule has 2 heterocycles. The number of anilines is 1. The molecule has 1 aromatic heterocycles. The summed E-state index contributed by atoms with van der Waals surface area (Å²) in [5.74, 6) is -0.497. The van der Waals surface area contributed by atoms with Crippen LogP contribution in [0.3, 0.4) is 0 Å². The van der Waals surface area contributed by atoms with Gasteiger partial charge < -0.3 is 24.7 Å². The van der Waals surface area contributed by atoms with Gasteiger partial charge in [0, 0.05) is 36.0 Å². The van der Waals surface area contributed by atoms with Crippen molar-refractivity contribution in [1.29, 1.82) is 0 Å². The molecule has 2 aliphatic rings. The lowest BCUT2D eigenvalue weighted by Gasteiger charge is -2.38. The normalized spacial score (nSPS) is 20.0. The van der Waals surface area contributed by atoms with Crippen molar-refractivity contribution in [2.75, 3.05) is 45.2 Å². The van der Waals surface area contributed by atoms with E-state index in [1.54, 1.807) is 31.2 Å². The number of β-amino-alcohol motifs (C(OH)–C–C–N with tert-alkyl or cyclic N) is 1. The monoisotopic (exact) mass is 576 g/mol. The maximum absolute atomic E-state index is 16.7. The maximum Gasteiger partial charge on any atom is 0.319 e. The Hall–Kier alpha value is -3.56. The zero-order valence-electron chi connectivity index (χ0n) is 24.7. The SMILES string of the molecule is CCc1c(F)ccc2cc(O)cc(-c3ccc4c(N5CCCC(C)(O)C5)nc(OCC5(CN(C)C)CC5)nc4c3F)c12. The van der Waals surface area contributed by atoms with Gasteiger partial charge in [-0.2, -0.15) is 9.97 Å². The highest BCUT2D eigenvalue weighted by atomic mass is 19.1. The van der Waals surface area contributed by atoms with Crippen LogP contribution in [0.4, 0.5) is 14.6 Å². The van der Waals surface area contributed by atoms with Gasteiger partial charge in [-0.1, -0.05) is 19.1 Å². The molecule has 0 spiro atoms. The number of phenols is 1. The number of benzene rings is 3. The first-order valence-electron chi connectivity index (χ1n) is 14.7. The molecular weight excluding hydrogens is 538 g/mol. The van der Waals surface area contributed by atoms with E-state index in [0.717, 1.165) is 25.8 Å². The molecule has 1 aliphatic carbocycles. The minimum Gasteiger partial charge on any atom is -0.508 e. The number of aromatic nitrogens is 2. The van der Waals surface area contributed by atoms with E-state index >= 15 is 4.39 Å². The first-order valence-corrected chi connectivity index (χ1v) is 14.7. The van der Waals surface area contributed by atoms with Crippen molar-refractivity contribution in [2.24, 2.45) is 5.41 Å². The van der Waals surface area contributed by atoms with Crippen LogP contribution in [0.1, 0.15) is 45.1 Å². The number of piperidine rings is 1. The second-order valence-electron chi connectivity index (χ2n) is 12.7. The van der Waals surface area contributed by atoms with Crippen LogP contribution < -0.4 is 9.64 Å². The molecule has 1 atom stereocenters. The summed E-state index contributed by atoms with van der Waals surface area (Å²) >= 11 is 0. The van der Waals surface area contributed by atoms with Crippen molar-refractivity contribution in [1.82, 2.24) is 14.9 Å². The number of hydrogen-bond donors (Lipinski definition) is 2. The standard InChI is InChI=1S/C33H38F2N4O3/c1-5-22-26(34)10-7-20-15-21(40)16-25(27(20)22)23-8-9-24-29(28(23)35)36-31(42-19-33(12-13-33)18-38(3)4)37-30(24)39-14-6-11-32(2,41)17-39/h7-10,15-16,40-41H,5-6,11-14,17-19H2,1-4H3. The number of fused-ring (bicyclic) bond motifs is 2. The van der Waals surface area contributed by atoms with E-state index in [1.165, 1.54) is 12.1 Å². The van der Waals surface area contributed by atoms with E-state index in [1.807, 2.05) is 25.9 Å². The molecular formula is C33H38F2N4O3. The average molecular weight is 577 g/mol. The quantitative estimate of drug-likeness (QED) is 0.264. The van der Waals surface area contributed by atoms with Gasteiger partial charge in [0.2, 0.25) is 0 Å². The van der Waals surface area contributed by atoms with Crippen molar-refractivity contribution in [3.05, 3.63) is 53.6 Å². The Morgan fingerprint density at radius 1 is 1.05 bits per heavy atom. The summed E-state index contributed by atoms with van der Waals surface area (Å²) in [5.41, 5.74) is 0.267. The van der Waals surface area contributed by atoms with Gasteiger partial charge in [0.05, 0.1) is 12.2 Å². The van der Waals surface area contributed by atoms with Gasteiger partial charge in [-0.25, -0.2) is 8.78 Å². The molecule has 0 radical (unpaired) electrons. The minimum absolute atomic E-state index is 0.0261. The molecule has 0 bridgehead atoms. The Balaban J connectivity index is 1.52. The number of halogens is 2. The van der Waals surface area contributed by atoms with Crippen LogP contribution in [0.2, 0.25) is 0 Å². The number of nitrogens with zero attached hydrogens (tertiary/aromatic N) is 4. The van der Waals surface area contributed by atoms with E-state index in [2.05, 4.69) is 9.88 Å². The van der Waals surface area contributed by atoms with E-state index in [9.17, 15) is 14.6 Å². The van der Waals surface area contributed by atoms with Gasteiger partial charge in [0.25, 0.3) is 0 Å². The first-order chi connectivity index (χ1) is 20.0. The van der Waals surface area contributed by atoms with Crippen LogP contribution in [0.25, 0.3) is 32.8 Å². The van der Waals surface area contributed by atoms with Gasteiger partial charge in [0.1, 0.15) is 22.9 Å². The Morgan fingerprint density at radius 3 is 2.52 bits per heavy atom. The number of ether oxygens (including phenoxy) is 1. The zero-order chi connectivity index (χ0) is 29.8. The third-order valence-electron chi connectivity index (χ3n) is 8.65. The van der Waals surface area contributed by atoms with Crippen molar-refractivity contribution in [2.45, 2.75) is 51.6 Å². The second kappa shape index (κ2) is 10.6. The summed E-state index contributed by atoms with van der Waals surface area (Å²) in [6.45, 7) is 5.96. The molecule has 4 aromatic rings. The smallest absolute Gasteiger partial charge is 0.319 e. The highest BCUT2D eigenvalue weighted by Gasteiger charge is 2.44. The van der Waals surface area contributed by atoms with Gasteiger partial charge in [-0.05, 0) is 99.3 Å². The summed E-state index contributed by atoms with van der Waals surface area (Å²) in [7, 11) is 4.06. The lowest BCUT2D eigenvalue weighted by atomic mass is 9.92. The lowest BCUT2D eigenvalue weighted by Crippen LogP contribution is -2.46. The van der Waals surface area contributed by atoms with Crippen LogP contribution in [0.15, 0.2) is 36.4 Å². The molecule has 9 heteroatoms. The summed E-state index contributed by atoms with van der Waals surface area (Å²) in [6, 6.07) is 9.51. The van der Waals surface area contributed by atoms with E-state index in [4.69, 9.17) is 9.72 Å². The van der Waals surface area contributed by atoms with Crippen LogP contribution in [0, 0.1) is 17.0 Å². The summed E-state index contributed by atoms with van der Waals surface area (Å²) in [4.78, 5) is 13.4. The summed E-state index contributed by atoms with van der Waals surface area (Å²) in [6.07, 6.45) is 3.92. The number of hydrogen-bond acceptors (Lipinski definition) is 7. The van der Waals surface area contributed by atoms with Gasteiger partial charge in [-0.3, -0.25) is 0 Å². The minimum atomic E-state index is -0.903. The molecule has 6 rings (SSSR count). The second-order valence-corrected chi connectivity index (χ2v) is 12.7. The molecule has 1 saturated heterocycles. The lowest BCUT2D eigenvalue weighted by molar-refractivity contribution is 0.0447. The maximum atomic E-state index is 16.7. The number of rotatable bonds is 8. The fourth-order valence-corrected chi connectivity index (χ4v) is 6.51. The van der Waals surface area contributed by atoms with Crippen LogP contribution in [-0.4, -0.2) is 71.0 Å². The van der Waals surface area contributed by atoms with Crippen LogP contribution in [0.5, 0.6) is 11.8 Å².